The molecule has 144 valence electrons. The highest BCUT2D eigenvalue weighted by Crippen LogP contribution is 2.26. The number of ether oxygens (including phenoxy) is 1. The number of nitrogens with zero attached hydrogens (tertiary/aromatic N) is 2. The molecule has 1 saturated heterocycles. The highest BCUT2D eigenvalue weighted by molar-refractivity contribution is 7.21. The summed E-state index contributed by atoms with van der Waals surface area (Å²) in [7, 11) is 0. The molecule has 1 aliphatic heterocycles. The van der Waals surface area contributed by atoms with Gasteiger partial charge in [0.05, 0.1) is 15.1 Å². The number of carbonyl (C=O) groups excluding carboxylic acids is 3. The number of amides is 2. The lowest BCUT2D eigenvalue weighted by Crippen LogP contribution is -2.44. The van der Waals surface area contributed by atoms with E-state index in [1.807, 2.05) is 13.0 Å². The number of esters is 1. The van der Waals surface area contributed by atoms with Gasteiger partial charge in [-0.15, -0.1) is 11.3 Å². The van der Waals surface area contributed by atoms with Crippen LogP contribution in [0.4, 0.5) is 0 Å². The lowest BCUT2D eigenvalue weighted by atomic mass is 10.2. The molecule has 1 atom stereocenters. The number of aromatic nitrogens is 1. The van der Waals surface area contributed by atoms with Gasteiger partial charge in [-0.25, -0.2) is 0 Å². The fraction of sp³-hybridized carbons (Fsp3) is 0.444. The molecular formula is C18H22N4O4S. The standard InChI is InChI=1S/C18H22N4O4S/c1-11-4-5-20-13-8-14(27-16(11)13)17(24)21-9-12(19)18(25)26-10-15(23)22-6-2-3-7-22/h4-5,8,12H,2-3,6-7,9-10,19H2,1H3,(H,21,24)/t12-/m1/s1. The topological polar surface area (TPSA) is 115 Å². The molecule has 0 saturated carbocycles. The van der Waals surface area contributed by atoms with Gasteiger partial charge in [-0.05, 0) is 37.5 Å². The minimum absolute atomic E-state index is 0.0732. The number of carbonyl (C=O) groups is 3. The zero-order valence-electron chi connectivity index (χ0n) is 15.1. The Hall–Kier alpha value is -2.52. The molecule has 1 fully saturated rings. The molecule has 27 heavy (non-hydrogen) atoms. The predicted molar refractivity (Wildman–Crippen MR) is 101 cm³/mol. The number of rotatable bonds is 6. The van der Waals surface area contributed by atoms with Crippen molar-refractivity contribution in [3.63, 3.8) is 0 Å². The van der Waals surface area contributed by atoms with E-state index in [0.717, 1.165) is 28.6 Å². The second kappa shape index (κ2) is 8.45. The third-order valence-corrected chi connectivity index (χ3v) is 5.67. The van der Waals surface area contributed by atoms with Gasteiger partial charge >= 0.3 is 5.97 Å². The Morgan fingerprint density at radius 2 is 2.11 bits per heavy atom. The largest absolute Gasteiger partial charge is 0.454 e. The van der Waals surface area contributed by atoms with Crippen LogP contribution in [0.25, 0.3) is 10.2 Å². The molecule has 0 unspecified atom stereocenters. The van der Waals surface area contributed by atoms with Gasteiger partial charge in [-0.1, -0.05) is 0 Å². The predicted octanol–water partition coefficient (Wildman–Crippen LogP) is 0.827. The normalized spacial score (nSPS) is 15.0. The van der Waals surface area contributed by atoms with Gasteiger partial charge in [-0.2, -0.15) is 0 Å². The van der Waals surface area contributed by atoms with Gasteiger partial charge in [0.15, 0.2) is 6.61 Å². The third-order valence-electron chi connectivity index (χ3n) is 4.41. The van der Waals surface area contributed by atoms with E-state index in [-0.39, 0.29) is 25.0 Å². The summed E-state index contributed by atoms with van der Waals surface area (Å²) >= 11 is 1.34. The Morgan fingerprint density at radius 3 is 2.81 bits per heavy atom. The molecule has 2 aromatic heterocycles. The molecule has 1 aliphatic rings. The van der Waals surface area contributed by atoms with Crippen molar-refractivity contribution in [3.05, 3.63) is 28.8 Å². The molecule has 0 spiro atoms. The Balaban J connectivity index is 1.47. The van der Waals surface area contributed by atoms with Gasteiger partial charge in [0.1, 0.15) is 6.04 Å². The van der Waals surface area contributed by atoms with Crippen LogP contribution in [0.2, 0.25) is 0 Å². The Bertz CT molecular complexity index is 860. The van der Waals surface area contributed by atoms with Gasteiger partial charge in [0, 0.05) is 25.8 Å². The first-order valence-corrected chi connectivity index (χ1v) is 9.60. The van der Waals surface area contributed by atoms with Gasteiger partial charge in [-0.3, -0.25) is 19.4 Å². The molecule has 3 N–H and O–H groups in total. The van der Waals surface area contributed by atoms with Gasteiger partial charge in [0.2, 0.25) is 0 Å². The average molecular weight is 390 g/mol. The molecule has 8 nitrogen and oxygen atoms in total. The smallest absolute Gasteiger partial charge is 0.325 e. The van der Waals surface area contributed by atoms with Crippen LogP contribution >= 0.6 is 11.3 Å². The molecule has 0 aliphatic carbocycles. The lowest BCUT2D eigenvalue weighted by molar-refractivity contribution is -0.152. The summed E-state index contributed by atoms with van der Waals surface area (Å²) in [6.45, 7) is 2.96. The van der Waals surface area contributed by atoms with Gasteiger partial charge < -0.3 is 20.7 Å². The number of nitrogens with one attached hydrogen (secondary N) is 1. The van der Waals surface area contributed by atoms with Crippen LogP contribution < -0.4 is 11.1 Å². The number of thiophene rings is 1. The van der Waals surface area contributed by atoms with Gasteiger partial charge in [0.25, 0.3) is 11.8 Å². The van der Waals surface area contributed by atoms with Crippen molar-refractivity contribution in [1.29, 1.82) is 0 Å². The number of pyridine rings is 1. The Kier molecular flexibility index (Phi) is 6.02. The lowest BCUT2D eigenvalue weighted by Gasteiger charge is -2.16. The SMILES string of the molecule is Cc1ccnc2cc(C(=O)NC[C@@H](N)C(=O)OCC(=O)N3CCCC3)sc12. The molecule has 0 radical (unpaired) electrons. The molecule has 2 aromatic rings. The van der Waals surface area contributed by atoms with E-state index >= 15 is 0 Å². The monoisotopic (exact) mass is 390 g/mol. The highest BCUT2D eigenvalue weighted by Gasteiger charge is 2.22. The fourth-order valence-electron chi connectivity index (χ4n) is 2.85. The first-order valence-electron chi connectivity index (χ1n) is 8.79. The van der Waals surface area contributed by atoms with Crippen molar-refractivity contribution in [2.24, 2.45) is 5.73 Å². The summed E-state index contributed by atoms with van der Waals surface area (Å²) in [5.74, 6) is -1.25. The van der Waals surface area contributed by atoms with E-state index in [4.69, 9.17) is 10.5 Å². The molecule has 0 aromatic carbocycles. The van der Waals surface area contributed by atoms with Crippen LogP contribution in [0.3, 0.4) is 0 Å². The van der Waals surface area contributed by atoms with E-state index in [9.17, 15) is 14.4 Å². The van der Waals surface area contributed by atoms with E-state index in [0.29, 0.717) is 18.0 Å². The summed E-state index contributed by atoms with van der Waals surface area (Å²) in [5, 5.41) is 2.63. The summed E-state index contributed by atoms with van der Waals surface area (Å²) in [6, 6.07) is 2.56. The van der Waals surface area contributed by atoms with Crippen LogP contribution in [0.1, 0.15) is 28.1 Å². The summed E-state index contributed by atoms with van der Waals surface area (Å²) in [4.78, 5) is 42.5. The number of hydrogen-bond acceptors (Lipinski definition) is 7. The summed E-state index contributed by atoms with van der Waals surface area (Å²) < 4.78 is 5.92. The second-order valence-corrected chi connectivity index (χ2v) is 7.52. The maximum Gasteiger partial charge on any atom is 0.325 e. The van der Waals surface area contributed by atoms with Crippen molar-refractivity contribution >= 4 is 39.3 Å². The van der Waals surface area contributed by atoms with Crippen molar-refractivity contribution in [1.82, 2.24) is 15.2 Å². The van der Waals surface area contributed by atoms with Crippen LogP contribution in [0.15, 0.2) is 18.3 Å². The van der Waals surface area contributed by atoms with Crippen LogP contribution in [-0.4, -0.2) is 60.0 Å². The summed E-state index contributed by atoms with van der Waals surface area (Å²) in [5.41, 5.74) is 7.57. The minimum Gasteiger partial charge on any atom is -0.454 e. The Morgan fingerprint density at radius 1 is 1.37 bits per heavy atom. The molecule has 3 rings (SSSR count). The van der Waals surface area contributed by atoms with Crippen molar-refractivity contribution in [2.45, 2.75) is 25.8 Å². The second-order valence-electron chi connectivity index (χ2n) is 6.46. The number of fused-ring (bicyclic) bond motifs is 1. The van der Waals surface area contributed by atoms with Crippen molar-refractivity contribution in [3.8, 4) is 0 Å². The highest BCUT2D eigenvalue weighted by atomic mass is 32.1. The number of likely N-dealkylation sites (tertiary alicyclic amines) is 1. The molecule has 2 amide bonds. The zero-order valence-corrected chi connectivity index (χ0v) is 15.9. The average Bonchev–Trinajstić information content (AvgIpc) is 3.33. The van der Waals surface area contributed by atoms with E-state index in [2.05, 4.69) is 10.3 Å². The van der Waals surface area contributed by atoms with Crippen LogP contribution in [-0.2, 0) is 14.3 Å². The van der Waals surface area contributed by atoms with Crippen molar-refractivity contribution in [2.75, 3.05) is 26.2 Å². The number of nitrogens with two attached hydrogens (primary N) is 1. The first-order chi connectivity index (χ1) is 13.0. The molecule has 9 heteroatoms. The molecule has 3 heterocycles. The quantitative estimate of drug-likeness (QED) is 0.706. The van der Waals surface area contributed by atoms with Crippen LogP contribution in [0.5, 0.6) is 0 Å². The molecule has 0 bridgehead atoms. The van der Waals surface area contributed by atoms with E-state index in [1.54, 1.807) is 17.2 Å². The minimum atomic E-state index is -1.03. The van der Waals surface area contributed by atoms with Crippen molar-refractivity contribution < 1.29 is 19.1 Å². The first kappa shape index (κ1) is 19.2. The number of aryl methyl sites for hydroxylation is 1. The maximum absolute atomic E-state index is 12.3. The zero-order chi connectivity index (χ0) is 19.4. The summed E-state index contributed by atoms with van der Waals surface area (Å²) in [6.07, 6.45) is 3.64. The fourth-order valence-corrected chi connectivity index (χ4v) is 3.85. The van der Waals surface area contributed by atoms with E-state index in [1.165, 1.54) is 11.3 Å². The van der Waals surface area contributed by atoms with Crippen LogP contribution in [0, 0.1) is 6.92 Å². The maximum atomic E-state index is 12.3. The van der Waals surface area contributed by atoms with E-state index < -0.39 is 12.0 Å². The number of hydrogen-bond donors (Lipinski definition) is 2. The third kappa shape index (κ3) is 4.61. The Labute approximate surface area is 160 Å². The molecular weight excluding hydrogens is 368 g/mol.